The molecular weight excluding hydrogens is 346 g/mol. The molecule has 1 aromatic rings. The molecule has 2 heterocycles. The highest BCUT2D eigenvalue weighted by Gasteiger charge is 2.71. The van der Waals surface area contributed by atoms with E-state index in [1.54, 1.807) is 7.11 Å². The second-order valence-corrected chi connectivity index (χ2v) is 8.34. The fraction of sp³-hybridized carbons (Fsp3) is 0.571. The fourth-order valence-corrected chi connectivity index (χ4v) is 6.01. The molecule has 1 saturated heterocycles. The van der Waals surface area contributed by atoms with Crippen LogP contribution in [0.15, 0.2) is 23.8 Å². The van der Waals surface area contributed by atoms with E-state index in [1.165, 1.54) is 18.1 Å². The molecule has 1 N–H and O–H groups in total. The van der Waals surface area contributed by atoms with Crippen LogP contribution in [0.3, 0.4) is 0 Å². The summed E-state index contributed by atoms with van der Waals surface area (Å²) in [6.07, 6.45) is 1.96. The van der Waals surface area contributed by atoms with Crippen LogP contribution < -0.4 is 9.47 Å². The number of nitrogens with zero attached hydrogens (tertiary/aromatic N) is 1. The van der Waals surface area contributed by atoms with Gasteiger partial charge < -0.3 is 19.3 Å². The Kier molecular flexibility index (Phi) is 3.33. The minimum Gasteiger partial charge on any atom is -0.493 e. The van der Waals surface area contributed by atoms with Crippen LogP contribution in [0.2, 0.25) is 0 Å². The minimum atomic E-state index is -0.905. The maximum Gasteiger partial charge on any atom is 0.303 e. The Morgan fingerprint density at radius 1 is 1.41 bits per heavy atom. The largest absolute Gasteiger partial charge is 0.493 e. The zero-order chi connectivity index (χ0) is 19.1. The summed E-state index contributed by atoms with van der Waals surface area (Å²) >= 11 is 0. The van der Waals surface area contributed by atoms with Crippen LogP contribution in [0.25, 0.3) is 0 Å². The lowest BCUT2D eigenvalue weighted by atomic mass is 9.51. The monoisotopic (exact) mass is 371 g/mol. The molecule has 0 amide bonds. The van der Waals surface area contributed by atoms with Crippen molar-refractivity contribution in [2.24, 2.45) is 0 Å². The number of benzene rings is 1. The number of likely N-dealkylation sites (N-methyl/N-ethyl adjacent to an activating group) is 1. The Morgan fingerprint density at radius 2 is 2.19 bits per heavy atom. The van der Waals surface area contributed by atoms with Gasteiger partial charge in [-0.05, 0) is 50.6 Å². The summed E-state index contributed by atoms with van der Waals surface area (Å²) in [5.41, 5.74) is 2.30. The summed E-state index contributed by atoms with van der Waals surface area (Å²) in [4.78, 5) is 14.2. The van der Waals surface area contributed by atoms with Gasteiger partial charge in [0, 0.05) is 18.5 Å². The maximum atomic E-state index is 11.8. The molecule has 6 heteroatoms. The van der Waals surface area contributed by atoms with Crippen molar-refractivity contribution in [3.05, 3.63) is 34.9 Å². The second kappa shape index (κ2) is 5.26. The molecule has 1 aromatic carbocycles. The van der Waals surface area contributed by atoms with Crippen LogP contribution in [0.1, 0.15) is 31.4 Å². The number of carbonyl (C=O) groups excluding carboxylic acids is 1. The zero-order valence-corrected chi connectivity index (χ0v) is 16.1. The van der Waals surface area contributed by atoms with Crippen molar-refractivity contribution >= 4 is 5.97 Å². The number of rotatable bonds is 2. The summed E-state index contributed by atoms with van der Waals surface area (Å²) in [5, 5.41) is 10.9. The first-order chi connectivity index (χ1) is 12.8. The van der Waals surface area contributed by atoms with E-state index in [4.69, 9.17) is 14.2 Å². The molecule has 144 valence electrons. The number of ether oxygens (including phenoxy) is 3. The quantitative estimate of drug-likeness (QED) is 0.629. The van der Waals surface area contributed by atoms with E-state index in [-0.39, 0.29) is 6.04 Å². The molecule has 2 aliphatic carbocycles. The fourth-order valence-electron chi connectivity index (χ4n) is 6.01. The number of piperidine rings is 1. The van der Waals surface area contributed by atoms with Gasteiger partial charge in [0.1, 0.15) is 6.10 Å². The Balaban J connectivity index is 1.83. The predicted molar refractivity (Wildman–Crippen MR) is 98.1 cm³/mol. The topological polar surface area (TPSA) is 68.2 Å². The molecule has 0 unspecified atom stereocenters. The van der Waals surface area contributed by atoms with Gasteiger partial charge in [-0.15, -0.1) is 0 Å². The molecule has 5 atom stereocenters. The van der Waals surface area contributed by atoms with Crippen LogP contribution in [-0.2, 0) is 21.4 Å². The number of aliphatic hydroxyl groups excluding tert-OH is 1. The molecule has 27 heavy (non-hydrogen) atoms. The highest BCUT2D eigenvalue weighted by atomic mass is 16.6. The van der Waals surface area contributed by atoms with E-state index in [0.29, 0.717) is 5.75 Å². The molecule has 2 bridgehead atoms. The molecule has 0 radical (unpaired) electrons. The summed E-state index contributed by atoms with van der Waals surface area (Å²) in [6, 6.07) is 4.29. The lowest BCUT2D eigenvalue weighted by molar-refractivity contribution is -0.178. The van der Waals surface area contributed by atoms with Crippen molar-refractivity contribution in [1.29, 1.82) is 0 Å². The normalized spacial score (nSPS) is 38.6. The maximum absolute atomic E-state index is 11.8. The smallest absolute Gasteiger partial charge is 0.303 e. The van der Waals surface area contributed by atoms with Crippen LogP contribution in [-0.4, -0.2) is 60.5 Å². The summed E-state index contributed by atoms with van der Waals surface area (Å²) in [6.45, 7) is 4.27. The average Bonchev–Trinajstić information content (AvgIpc) is 2.89. The van der Waals surface area contributed by atoms with Crippen LogP contribution in [0.5, 0.6) is 11.5 Å². The number of methoxy groups -OCH3 is 1. The third-order valence-corrected chi connectivity index (χ3v) is 7.15. The molecule has 1 spiro atoms. The summed E-state index contributed by atoms with van der Waals surface area (Å²) in [5.74, 6) is 1.00. The number of carbonyl (C=O) groups is 1. The van der Waals surface area contributed by atoms with E-state index in [2.05, 4.69) is 18.0 Å². The van der Waals surface area contributed by atoms with Crippen LogP contribution >= 0.6 is 0 Å². The summed E-state index contributed by atoms with van der Waals surface area (Å²) < 4.78 is 17.8. The summed E-state index contributed by atoms with van der Waals surface area (Å²) in [7, 11) is 3.77. The minimum absolute atomic E-state index is 0.210. The molecule has 2 aliphatic heterocycles. The average molecular weight is 371 g/mol. The van der Waals surface area contributed by atoms with E-state index in [0.717, 1.165) is 30.7 Å². The SMILES string of the molecule is COc1ccc2c3c1O[C@]1(C)[C@H](OC(C)=O)[C@H](O)C=C4[C@@H](C2)N(C)CC[C@]431. The molecule has 0 saturated carbocycles. The number of hydrogen-bond acceptors (Lipinski definition) is 6. The third-order valence-electron chi connectivity index (χ3n) is 7.15. The number of likely N-dealkylation sites (tertiary alicyclic amines) is 1. The van der Waals surface area contributed by atoms with Gasteiger partial charge in [0.15, 0.2) is 23.2 Å². The highest BCUT2D eigenvalue weighted by molar-refractivity contribution is 5.70. The van der Waals surface area contributed by atoms with Gasteiger partial charge in [0.25, 0.3) is 0 Å². The molecule has 5 rings (SSSR count). The van der Waals surface area contributed by atoms with Crippen molar-refractivity contribution in [1.82, 2.24) is 4.90 Å². The first-order valence-electron chi connectivity index (χ1n) is 9.50. The number of aliphatic hydroxyl groups is 1. The standard InChI is InChI=1S/C21H25NO5/c1-11(23)26-19-15(24)10-13-14-9-12-5-6-16(25-4)18-17(12)21(13,7-8-22(14)3)20(19,2)27-18/h5-6,10,14-15,19,24H,7-9H2,1-4H3/t14-,15-,19-,20-,21+/m1/s1. The van der Waals surface area contributed by atoms with Gasteiger partial charge in [-0.2, -0.15) is 0 Å². The van der Waals surface area contributed by atoms with Gasteiger partial charge in [-0.25, -0.2) is 0 Å². The molecule has 1 fully saturated rings. The van der Waals surface area contributed by atoms with Gasteiger partial charge >= 0.3 is 5.97 Å². The third kappa shape index (κ3) is 1.85. The Hall–Kier alpha value is -2.05. The first kappa shape index (κ1) is 17.1. The first-order valence-corrected chi connectivity index (χ1v) is 9.50. The van der Waals surface area contributed by atoms with E-state index < -0.39 is 29.2 Å². The van der Waals surface area contributed by atoms with Gasteiger partial charge in [-0.1, -0.05) is 12.1 Å². The Labute approximate surface area is 158 Å². The van der Waals surface area contributed by atoms with E-state index >= 15 is 0 Å². The lowest BCUT2D eigenvalue weighted by Gasteiger charge is -2.59. The number of hydrogen-bond donors (Lipinski definition) is 1. The van der Waals surface area contributed by atoms with E-state index in [9.17, 15) is 9.90 Å². The lowest BCUT2D eigenvalue weighted by Crippen LogP contribution is -2.70. The molecule has 6 nitrogen and oxygen atoms in total. The van der Waals surface area contributed by atoms with Gasteiger partial charge in [0.2, 0.25) is 0 Å². The Bertz CT molecular complexity index is 880. The predicted octanol–water partition coefficient (Wildman–Crippen LogP) is 1.58. The van der Waals surface area contributed by atoms with Crippen molar-refractivity contribution in [2.75, 3.05) is 20.7 Å². The molecule has 0 aromatic heterocycles. The molecule has 4 aliphatic rings. The second-order valence-electron chi connectivity index (χ2n) is 8.34. The van der Waals surface area contributed by atoms with Crippen molar-refractivity contribution < 1.29 is 24.1 Å². The van der Waals surface area contributed by atoms with Crippen molar-refractivity contribution in [3.8, 4) is 11.5 Å². The van der Waals surface area contributed by atoms with Crippen LogP contribution in [0.4, 0.5) is 0 Å². The van der Waals surface area contributed by atoms with Gasteiger partial charge in [0.05, 0.1) is 12.5 Å². The van der Waals surface area contributed by atoms with Crippen LogP contribution in [0, 0.1) is 0 Å². The van der Waals surface area contributed by atoms with Gasteiger partial charge in [-0.3, -0.25) is 9.69 Å². The van der Waals surface area contributed by atoms with E-state index in [1.807, 2.05) is 19.1 Å². The zero-order valence-electron chi connectivity index (χ0n) is 16.1. The van der Waals surface area contributed by atoms with Crippen molar-refractivity contribution in [3.63, 3.8) is 0 Å². The Morgan fingerprint density at radius 3 is 2.89 bits per heavy atom. The number of esters is 1. The molecular formula is C21H25NO5. The van der Waals surface area contributed by atoms with Crippen molar-refractivity contribution in [2.45, 2.75) is 56.0 Å². The highest BCUT2D eigenvalue weighted by Crippen LogP contribution is 2.66.